The Kier molecular flexibility index (Phi) is 6.27. The zero-order chi connectivity index (χ0) is 19.4. The van der Waals surface area contributed by atoms with Crippen molar-refractivity contribution in [3.8, 4) is 0 Å². The summed E-state index contributed by atoms with van der Waals surface area (Å²) in [4.78, 5) is 11.1. The summed E-state index contributed by atoms with van der Waals surface area (Å²) < 4.78 is 64.7. The van der Waals surface area contributed by atoms with Crippen molar-refractivity contribution in [1.82, 2.24) is 10.0 Å². The molecule has 0 bridgehead atoms. The second kappa shape index (κ2) is 8.07. The first kappa shape index (κ1) is 20.2. The summed E-state index contributed by atoms with van der Waals surface area (Å²) in [5.74, 6) is -0.401. The maximum atomic E-state index is 12.7. The number of nitrogens with one attached hydrogen (secondary N) is 2. The number of hydrogen-bond donors (Lipinski definition) is 2. The van der Waals surface area contributed by atoms with Crippen molar-refractivity contribution < 1.29 is 26.4 Å². The lowest BCUT2D eigenvalue weighted by molar-refractivity contribution is -0.137. The van der Waals surface area contributed by atoms with Crippen LogP contribution < -0.4 is 10.0 Å². The first-order chi connectivity index (χ1) is 12.1. The Balaban J connectivity index is 2.00. The number of rotatable bonds is 6. The molecule has 2 aromatic rings. The molecule has 0 unspecified atom stereocenters. The quantitative estimate of drug-likeness (QED) is 0.724. The van der Waals surface area contributed by atoms with Crippen molar-refractivity contribution >= 4 is 27.5 Å². The number of alkyl halides is 3. The number of amides is 1. The van der Waals surface area contributed by atoms with Crippen molar-refractivity contribution in [2.45, 2.75) is 11.1 Å². The standard InChI is InChI=1S/C16H14ClF3N2O3S/c17-13-7-6-12(16(18,19)20)10-14(13)26(24,25)22-9-8-21-15(23)11-4-2-1-3-5-11/h1-7,10,22H,8-9H2,(H,21,23). The third kappa shape index (κ3) is 5.20. The molecule has 0 saturated heterocycles. The summed E-state index contributed by atoms with van der Waals surface area (Å²) in [5.41, 5.74) is -0.726. The van der Waals surface area contributed by atoms with Gasteiger partial charge in [-0.15, -0.1) is 0 Å². The molecule has 0 aliphatic carbocycles. The van der Waals surface area contributed by atoms with Gasteiger partial charge in [0.1, 0.15) is 4.90 Å². The first-order valence-electron chi connectivity index (χ1n) is 7.31. The van der Waals surface area contributed by atoms with Crippen LogP contribution in [0.3, 0.4) is 0 Å². The van der Waals surface area contributed by atoms with E-state index in [0.717, 1.165) is 6.07 Å². The van der Waals surface area contributed by atoms with E-state index in [-0.39, 0.29) is 18.1 Å². The SMILES string of the molecule is O=C(NCCNS(=O)(=O)c1cc(C(F)(F)F)ccc1Cl)c1ccccc1. The van der Waals surface area contributed by atoms with E-state index in [4.69, 9.17) is 11.6 Å². The van der Waals surface area contributed by atoms with E-state index in [9.17, 15) is 26.4 Å². The zero-order valence-electron chi connectivity index (χ0n) is 13.2. The van der Waals surface area contributed by atoms with Gasteiger partial charge >= 0.3 is 6.18 Å². The summed E-state index contributed by atoms with van der Waals surface area (Å²) in [7, 11) is -4.27. The number of carbonyl (C=O) groups excluding carboxylic acids is 1. The maximum absolute atomic E-state index is 12.7. The van der Waals surface area contributed by atoms with Crippen molar-refractivity contribution in [1.29, 1.82) is 0 Å². The highest BCUT2D eigenvalue weighted by molar-refractivity contribution is 7.89. The molecule has 10 heteroatoms. The Morgan fingerprint density at radius 1 is 1.04 bits per heavy atom. The van der Waals surface area contributed by atoms with Crippen molar-refractivity contribution in [3.63, 3.8) is 0 Å². The van der Waals surface area contributed by atoms with Crippen LogP contribution in [-0.2, 0) is 16.2 Å². The number of hydrogen-bond acceptors (Lipinski definition) is 3. The van der Waals surface area contributed by atoms with E-state index < -0.39 is 32.6 Å². The van der Waals surface area contributed by atoms with Crippen LogP contribution in [-0.4, -0.2) is 27.4 Å². The average Bonchev–Trinajstić information content (AvgIpc) is 2.58. The topological polar surface area (TPSA) is 75.3 Å². The van der Waals surface area contributed by atoms with Gasteiger partial charge in [-0.2, -0.15) is 13.2 Å². The Labute approximate surface area is 153 Å². The highest BCUT2D eigenvalue weighted by atomic mass is 35.5. The fourth-order valence-electron chi connectivity index (χ4n) is 2.02. The molecule has 0 aliphatic rings. The van der Waals surface area contributed by atoms with E-state index in [0.29, 0.717) is 17.7 Å². The Hall–Kier alpha value is -2.10. The lowest BCUT2D eigenvalue weighted by Gasteiger charge is -2.12. The Morgan fingerprint density at radius 2 is 1.69 bits per heavy atom. The molecule has 0 heterocycles. The first-order valence-corrected chi connectivity index (χ1v) is 9.17. The molecular formula is C16H14ClF3N2O3S. The van der Waals surface area contributed by atoms with Crippen LogP contribution in [0.2, 0.25) is 5.02 Å². The highest BCUT2D eigenvalue weighted by Gasteiger charge is 2.32. The van der Waals surface area contributed by atoms with Crippen LogP contribution in [0.5, 0.6) is 0 Å². The summed E-state index contributed by atoms with van der Waals surface area (Å²) in [6.45, 7) is -0.267. The van der Waals surface area contributed by atoms with E-state index in [1.165, 1.54) is 0 Å². The predicted molar refractivity (Wildman–Crippen MR) is 90.4 cm³/mol. The van der Waals surface area contributed by atoms with Crippen molar-refractivity contribution in [2.24, 2.45) is 0 Å². The van der Waals surface area contributed by atoms with Crippen LogP contribution in [0.4, 0.5) is 13.2 Å². The van der Waals surface area contributed by atoms with E-state index in [1.54, 1.807) is 30.3 Å². The van der Waals surface area contributed by atoms with Crippen LogP contribution in [0.1, 0.15) is 15.9 Å². The lowest BCUT2D eigenvalue weighted by atomic mass is 10.2. The third-order valence-electron chi connectivity index (χ3n) is 3.29. The summed E-state index contributed by atoms with van der Waals surface area (Å²) in [6.07, 6.45) is -4.70. The second-order valence-electron chi connectivity index (χ2n) is 5.16. The van der Waals surface area contributed by atoms with E-state index >= 15 is 0 Å². The van der Waals surface area contributed by atoms with E-state index in [2.05, 4.69) is 10.0 Å². The largest absolute Gasteiger partial charge is 0.416 e. The Morgan fingerprint density at radius 3 is 2.31 bits per heavy atom. The summed E-state index contributed by atoms with van der Waals surface area (Å²) in [5, 5.41) is 2.16. The minimum absolute atomic E-state index is 0.0520. The van der Waals surface area contributed by atoms with Gasteiger partial charge in [0, 0.05) is 18.7 Å². The second-order valence-corrected chi connectivity index (χ2v) is 7.31. The van der Waals surface area contributed by atoms with Gasteiger partial charge in [-0.25, -0.2) is 13.1 Å². The molecule has 1 amide bonds. The van der Waals surface area contributed by atoms with Gasteiger partial charge in [0.2, 0.25) is 10.0 Å². The van der Waals surface area contributed by atoms with Gasteiger partial charge in [-0.1, -0.05) is 29.8 Å². The number of halogens is 4. The summed E-state index contributed by atoms with van der Waals surface area (Å²) >= 11 is 5.72. The molecule has 0 fully saturated rings. The van der Waals surface area contributed by atoms with Gasteiger partial charge in [-0.3, -0.25) is 4.79 Å². The smallest absolute Gasteiger partial charge is 0.351 e. The van der Waals surface area contributed by atoms with Gasteiger partial charge in [-0.05, 0) is 30.3 Å². The molecule has 5 nitrogen and oxygen atoms in total. The minimum atomic E-state index is -4.70. The maximum Gasteiger partial charge on any atom is 0.416 e. The highest BCUT2D eigenvalue weighted by Crippen LogP contribution is 2.33. The average molecular weight is 407 g/mol. The molecule has 2 rings (SSSR count). The fraction of sp³-hybridized carbons (Fsp3) is 0.188. The molecule has 0 spiro atoms. The van der Waals surface area contributed by atoms with Crippen molar-refractivity contribution in [2.75, 3.05) is 13.1 Å². The van der Waals surface area contributed by atoms with Crippen LogP contribution in [0.15, 0.2) is 53.4 Å². The molecule has 0 saturated carbocycles. The third-order valence-corrected chi connectivity index (χ3v) is 5.23. The molecular weight excluding hydrogens is 393 g/mol. The lowest BCUT2D eigenvalue weighted by Crippen LogP contribution is -2.34. The van der Waals surface area contributed by atoms with E-state index in [1.807, 2.05) is 0 Å². The molecule has 0 aromatic heterocycles. The minimum Gasteiger partial charge on any atom is -0.351 e. The van der Waals surface area contributed by atoms with Crippen LogP contribution in [0, 0.1) is 0 Å². The monoisotopic (exact) mass is 406 g/mol. The predicted octanol–water partition coefficient (Wildman–Crippen LogP) is 3.07. The molecule has 0 aliphatic heterocycles. The van der Waals surface area contributed by atoms with Gasteiger partial charge in [0.05, 0.1) is 10.6 Å². The number of benzene rings is 2. The molecule has 26 heavy (non-hydrogen) atoms. The Bertz CT molecular complexity index is 887. The fourth-order valence-corrected chi connectivity index (χ4v) is 3.57. The molecule has 0 atom stereocenters. The van der Waals surface area contributed by atoms with Gasteiger partial charge in [0.15, 0.2) is 0 Å². The molecule has 2 N–H and O–H groups in total. The molecule has 2 aromatic carbocycles. The van der Waals surface area contributed by atoms with Gasteiger partial charge in [0.25, 0.3) is 5.91 Å². The van der Waals surface area contributed by atoms with Crippen molar-refractivity contribution in [3.05, 3.63) is 64.7 Å². The zero-order valence-corrected chi connectivity index (χ0v) is 14.8. The van der Waals surface area contributed by atoms with Crippen LogP contribution >= 0.6 is 11.6 Å². The molecule has 0 radical (unpaired) electrons. The molecule has 140 valence electrons. The van der Waals surface area contributed by atoms with Gasteiger partial charge < -0.3 is 5.32 Å². The number of sulfonamides is 1. The number of carbonyl (C=O) groups is 1. The van der Waals surface area contributed by atoms with Crippen LogP contribution in [0.25, 0.3) is 0 Å². The normalized spacial score (nSPS) is 12.0. The summed E-state index contributed by atoms with van der Waals surface area (Å²) in [6, 6.07) is 10.3.